The van der Waals surface area contributed by atoms with Crippen molar-refractivity contribution in [2.75, 3.05) is 25.7 Å². The molecule has 0 fully saturated rings. The molecule has 0 radical (unpaired) electrons. The number of hydrogen-bond acceptors (Lipinski definition) is 5. The maximum Gasteiger partial charge on any atom is 0.265 e. The highest BCUT2D eigenvalue weighted by molar-refractivity contribution is 8.04. The molecule has 6 nitrogen and oxygen atoms in total. The van der Waals surface area contributed by atoms with Gasteiger partial charge >= 0.3 is 0 Å². The van der Waals surface area contributed by atoms with Crippen molar-refractivity contribution in [1.82, 2.24) is 5.32 Å². The number of carbonyl (C=O) groups is 2. The molecule has 0 aromatic heterocycles. The molecule has 0 aliphatic carbocycles. The van der Waals surface area contributed by atoms with Crippen LogP contribution >= 0.6 is 11.8 Å². The van der Waals surface area contributed by atoms with Gasteiger partial charge in [-0.1, -0.05) is 60.3 Å². The van der Waals surface area contributed by atoms with E-state index in [4.69, 9.17) is 9.47 Å². The Morgan fingerprint density at radius 2 is 1.68 bits per heavy atom. The van der Waals surface area contributed by atoms with Gasteiger partial charge in [-0.15, -0.1) is 0 Å². The summed E-state index contributed by atoms with van der Waals surface area (Å²) in [6.45, 7) is 0.567. The molecule has 0 bridgehead atoms. The second-order valence-corrected chi connectivity index (χ2v) is 10.5. The lowest BCUT2D eigenvalue weighted by Gasteiger charge is -2.30. The lowest BCUT2D eigenvalue weighted by atomic mass is 10.1. The zero-order chi connectivity index (χ0) is 28.8. The Balaban J connectivity index is 1.27. The number of amides is 2. The number of para-hydroxylation sites is 1. The van der Waals surface area contributed by atoms with Crippen LogP contribution in [0.5, 0.6) is 11.5 Å². The summed E-state index contributed by atoms with van der Waals surface area (Å²) in [6, 6.07) is 26.8. The Hall–Kier alpha value is -4.56. The molecular weight excluding hydrogens is 539 g/mol. The summed E-state index contributed by atoms with van der Waals surface area (Å²) in [5.74, 6) is 0.678. The Morgan fingerprint density at radius 3 is 2.44 bits per heavy atom. The quantitative estimate of drug-likeness (QED) is 0.234. The van der Waals surface area contributed by atoms with Crippen LogP contribution < -0.4 is 19.7 Å². The summed E-state index contributed by atoms with van der Waals surface area (Å²) < 4.78 is 25.1. The molecule has 4 aromatic rings. The number of thioether (sulfide) groups is 1. The van der Waals surface area contributed by atoms with Crippen molar-refractivity contribution in [3.63, 3.8) is 0 Å². The molecule has 2 amide bonds. The molecule has 208 valence electrons. The van der Waals surface area contributed by atoms with Crippen LogP contribution in [0.15, 0.2) is 101 Å². The molecule has 8 heteroatoms. The van der Waals surface area contributed by atoms with Crippen LogP contribution in [0.4, 0.5) is 10.1 Å². The van der Waals surface area contributed by atoms with Gasteiger partial charge in [-0.05, 0) is 60.0 Å². The number of carbonyl (C=O) groups excluding carboxylic acids is 2. The Kier molecular flexibility index (Phi) is 8.70. The number of nitrogens with one attached hydrogen (secondary N) is 1. The third kappa shape index (κ3) is 6.44. The summed E-state index contributed by atoms with van der Waals surface area (Å²) in [7, 11) is 3.21. The second kappa shape index (κ2) is 12.7. The van der Waals surface area contributed by atoms with Crippen molar-refractivity contribution < 1.29 is 23.5 Å². The first-order valence-corrected chi connectivity index (χ1v) is 13.9. The molecule has 5 rings (SSSR count). The summed E-state index contributed by atoms with van der Waals surface area (Å²) in [5, 5.41) is 2.94. The topological polar surface area (TPSA) is 67.9 Å². The van der Waals surface area contributed by atoms with Crippen molar-refractivity contribution in [3.05, 3.63) is 124 Å². The third-order valence-corrected chi connectivity index (χ3v) is 7.84. The fourth-order valence-corrected chi connectivity index (χ4v) is 5.63. The molecule has 0 unspecified atom stereocenters. The van der Waals surface area contributed by atoms with Gasteiger partial charge in [-0.2, -0.15) is 0 Å². The molecule has 41 heavy (non-hydrogen) atoms. The van der Waals surface area contributed by atoms with Crippen LogP contribution in [-0.2, 0) is 17.8 Å². The third-order valence-electron chi connectivity index (χ3n) is 6.76. The minimum absolute atomic E-state index is 0.127. The first kappa shape index (κ1) is 28.0. The van der Waals surface area contributed by atoms with Crippen LogP contribution in [0.25, 0.3) is 6.08 Å². The van der Waals surface area contributed by atoms with Crippen molar-refractivity contribution >= 4 is 35.3 Å². The van der Waals surface area contributed by atoms with Gasteiger partial charge in [0.2, 0.25) is 0 Å². The van der Waals surface area contributed by atoms with E-state index in [1.54, 1.807) is 55.5 Å². The summed E-state index contributed by atoms with van der Waals surface area (Å²) in [4.78, 5) is 29.3. The van der Waals surface area contributed by atoms with E-state index in [1.165, 1.54) is 17.8 Å². The number of fused-ring (bicyclic) bond motifs is 1. The zero-order valence-electron chi connectivity index (χ0n) is 22.7. The maximum atomic E-state index is 14.4. The van der Waals surface area contributed by atoms with Gasteiger partial charge in [-0.25, -0.2) is 4.39 Å². The first-order valence-electron chi connectivity index (χ1n) is 13.1. The van der Waals surface area contributed by atoms with Crippen molar-refractivity contribution in [2.45, 2.75) is 17.9 Å². The van der Waals surface area contributed by atoms with Crippen molar-refractivity contribution in [3.8, 4) is 11.5 Å². The van der Waals surface area contributed by atoms with Gasteiger partial charge in [0.1, 0.15) is 17.3 Å². The standard InChI is InChI=1S/C33H29FN2O4S/c1-39-26-16-15-23(29(20-26)40-2)17-18-35-32(37)24-13-11-22(12-14-24)19-31-33(38)36(21-25-7-3-4-8-27(25)34)28-9-5-6-10-30(28)41-31/h3-16,19-20H,17-18,21H2,1-2H3,(H,35,37). The Bertz CT molecular complexity index is 1600. The number of halogens is 1. The molecule has 4 aromatic carbocycles. The van der Waals surface area contributed by atoms with Crippen LogP contribution in [-0.4, -0.2) is 32.6 Å². The Morgan fingerprint density at radius 1 is 0.927 bits per heavy atom. The lowest BCUT2D eigenvalue weighted by Crippen LogP contribution is -2.34. The number of benzene rings is 4. The predicted octanol–water partition coefficient (Wildman–Crippen LogP) is 6.50. The van der Waals surface area contributed by atoms with Crippen molar-refractivity contribution in [2.24, 2.45) is 0 Å². The molecule has 1 N–H and O–H groups in total. The molecular formula is C33H29FN2O4S. The van der Waals surface area contributed by atoms with Gasteiger partial charge in [0, 0.05) is 28.6 Å². The van der Waals surface area contributed by atoms with Crippen LogP contribution in [0.3, 0.4) is 0 Å². The maximum absolute atomic E-state index is 14.4. The van der Waals surface area contributed by atoms with Crippen LogP contribution in [0.2, 0.25) is 0 Å². The monoisotopic (exact) mass is 568 g/mol. The highest BCUT2D eigenvalue weighted by atomic mass is 32.2. The second-order valence-electron chi connectivity index (χ2n) is 9.37. The fraction of sp³-hybridized carbons (Fsp3) is 0.152. The highest BCUT2D eigenvalue weighted by Gasteiger charge is 2.29. The van der Waals surface area contributed by atoms with Gasteiger partial charge in [0.05, 0.1) is 31.4 Å². The van der Waals surface area contributed by atoms with E-state index < -0.39 is 0 Å². The molecule has 0 saturated heterocycles. The van der Waals surface area contributed by atoms with E-state index in [9.17, 15) is 14.0 Å². The molecule has 0 saturated carbocycles. The van der Waals surface area contributed by atoms with Crippen LogP contribution in [0, 0.1) is 5.82 Å². The molecule has 1 heterocycles. The minimum atomic E-state index is -0.349. The minimum Gasteiger partial charge on any atom is -0.497 e. The molecule has 0 atom stereocenters. The summed E-state index contributed by atoms with van der Waals surface area (Å²) in [6.07, 6.45) is 2.40. The van der Waals surface area contributed by atoms with E-state index in [0.717, 1.165) is 21.7 Å². The van der Waals surface area contributed by atoms with E-state index in [1.807, 2.05) is 54.6 Å². The average Bonchev–Trinajstić information content (AvgIpc) is 3.00. The number of methoxy groups -OCH3 is 2. The van der Waals surface area contributed by atoms with Gasteiger partial charge in [0.25, 0.3) is 11.8 Å². The molecule has 1 aliphatic rings. The Labute approximate surface area is 242 Å². The normalized spacial score (nSPS) is 13.6. The SMILES string of the molecule is COc1ccc(CCNC(=O)c2ccc(C=C3Sc4ccccc4N(Cc4ccccc4F)C3=O)cc2)c(OC)c1. The number of ether oxygens (including phenoxy) is 2. The summed E-state index contributed by atoms with van der Waals surface area (Å²) >= 11 is 1.38. The molecule has 0 spiro atoms. The number of hydrogen-bond donors (Lipinski definition) is 1. The lowest BCUT2D eigenvalue weighted by molar-refractivity contribution is -0.114. The largest absolute Gasteiger partial charge is 0.497 e. The first-order chi connectivity index (χ1) is 20.0. The van der Waals surface area contributed by atoms with Gasteiger partial charge in [-0.3, -0.25) is 9.59 Å². The van der Waals surface area contributed by atoms with Crippen molar-refractivity contribution in [1.29, 1.82) is 0 Å². The smallest absolute Gasteiger partial charge is 0.265 e. The highest BCUT2D eigenvalue weighted by Crippen LogP contribution is 2.42. The van der Waals surface area contributed by atoms with E-state index in [2.05, 4.69) is 5.32 Å². The number of rotatable bonds is 9. The summed E-state index contributed by atoms with van der Waals surface area (Å²) in [5.41, 5.74) is 3.47. The van der Waals surface area contributed by atoms with E-state index in [-0.39, 0.29) is 24.2 Å². The predicted molar refractivity (Wildman–Crippen MR) is 160 cm³/mol. The number of anilines is 1. The van der Waals surface area contributed by atoms with Gasteiger partial charge in [0.15, 0.2) is 0 Å². The molecule has 1 aliphatic heterocycles. The number of nitrogens with zero attached hydrogens (tertiary/aromatic N) is 1. The van der Waals surface area contributed by atoms with E-state index >= 15 is 0 Å². The van der Waals surface area contributed by atoms with Crippen LogP contribution in [0.1, 0.15) is 27.0 Å². The van der Waals surface area contributed by atoms with E-state index in [0.29, 0.717) is 40.5 Å². The van der Waals surface area contributed by atoms with Gasteiger partial charge < -0.3 is 19.7 Å². The fourth-order valence-electron chi connectivity index (χ4n) is 4.57. The zero-order valence-corrected chi connectivity index (χ0v) is 23.5. The average molecular weight is 569 g/mol.